The highest BCUT2D eigenvalue weighted by Gasteiger charge is 2.54. The summed E-state index contributed by atoms with van der Waals surface area (Å²) >= 11 is 0. The second-order valence-corrected chi connectivity index (χ2v) is 16.5. The SMILES string of the molecule is CC1(Cc2ccc3c(c2)C(=O)C2=C(C3=O)C(c3ccccc3)C3=C(CCCC3=O)O2)C=C2N=C3C(=O)c4ccc(O)cc4C(=O)C3C(c3ccc(C#N)cc3)C2C(=O)C1. The molecule has 6 aliphatic rings. The van der Waals surface area contributed by atoms with Gasteiger partial charge in [-0.1, -0.05) is 67.6 Å². The Morgan fingerprint density at radius 3 is 2.29 bits per heavy atom. The minimum atomic E-state index is -1.09. The zero-order valence-electron chi connectivity index (χ0n) is 31.8. The number of carbonyl (C=O) groups excluding carboxylic acids is 6. The number of Topliss-reactive ketones (excluding diaryl/α,β-unsaturated/α-hetero) is 6. The van der Waals surface area contributed by atoms with Crippen molar-refractivity contribution in [2.45, 2.75) is 50.9 Å². The monoisotopic (exact) mass is 778 g/mol. The van der Waals surface area contributed by atoms with Crippen molar-refractivity contribution in [3.8, 4) is 11.8 Å². The fourth-order valence-corrected chi connectivity index (χ4v) is 10.1. The van der Waals surface area contributed by atoms with Gasteiger partial charge in [-0.2, -0.15) is 5.26 Å². The standard InChI is InChI=1S/C49H34N2O8/c1-49(20-25-12-16-29-31(18-25)47(58)48-42(44(29)55)38(26-6-3-2-4-7-26)40-34(53)8-5-9-36(40)59-48)21-33-39(35(54)22-49)37(27-13-10-24(23-50)11-14-27)41-43(51-33)46(57)30-17-15-28(52)19-32(30)45(41)56/h2-4,6-7,10-19,21,37-39,41,52H,5,8-9,20,22H2,1H3. The van der Waals surface area contributed by atoms with Crippen LogP contribution in [0.2, 0.25) is 0 Å². The highest BCUT2D eigenvalue weighted by Crippen LogP contribution is 2.52. The van der Waals surface area contributed by atoms with Crippen molar-refractivity contribution in [3.05, 3.63) is 170 Å². The molecule has 5 unspecified atom stereocenters. The van der Waals surface area contributed by atoms with E-state index in [1.807, 2.05) is 43.3 Å². The lowest BCUT2D eigenvalue weighted by atomic mass is 9.60. The highest BCUT2D eigenvalue weighted by molar-refractivity contribution is 6.54. The number of phenols is 1. The molecule has 5 atom stereocenters. The molecule has 0 amide bonds. The summed E-state index contributed by atoms with van der Waals surface area (Å²) in [5.74, 6) is -5.28. The number of phenolic OH excluding ortho intramolecular Hbond substituents is 1. The average molecular weight is 779 g/mol. The van der Waals surface area contributed by atoms with E-state index < -0.39 is 46.4 Å². The van der Waals surface area contributed by atoms with Gasteiger partial charge in [0.05, 0.1) is 29.0 Å². The van der Waals surface area contributed by atoms with Crippen molar-refractivity contribution in [1.82, 2.24) is 0 Å². The molecule has 10 nitrogen and oxygen atoms in total. The van der Waals surface area contributed by atoms with E-state index in [1.165, 1.54) is 18.2 Å². The fraction of sp³-hybridized carbons (Fsp3) is 0.224. The maximum absolute atomic E-state index is 14.5. The third-order valence-corrected chi connectivity index (χ3v) is 12.7. The van der Waals surface area contributed by atoms with E-state index in [0.717, 1.165) is 5.56 Å². The maximum atomic E-state index is 14.5. The van der Waals surface area contributed by atoms with Crippen LogP contribution >= 0.6 is 0 Å². The van der Waals surface area contributed by atoms with Gasteiger partial charge < -0.3 is 9.84 Å². The van der Waals surface area contributed by atoms with Gasteiger partial charge in [0.25, 0.3) is 0 Å². The molecule has 0 saturated carbocycles. The lowest BCUT2D eigenvalue weighted by Gasteiger charge is -2.43. The summed E-state index contributed by atoms with van der Waals surface area (Å²) in [6, 6.07) is 27.1. The molecule has 4 aliphatic carbocycles. The van der Waals surface area contributed by atoms with Crippen LogP contribution in [0.3, 0.4) is 0 Å². The van der Waals surface area contributed by atoms with Crippen molar-refractivity contribution in [2.24, 2.45) is 22.2 Å². The Hall–Kier alpha value is -7.12. The van der Waals surface area contributed by atoms with E-state index in [1.54, 1.807) is 42.5 Å². The zero-order valence-corrected chi connectivity index (χ0v) is 31.8. The molecule has 10 rings (SSSR count). The van der Waals surface area contributed by atoms with Crippen molar-refractivity contribution in [2.75, 3.05) is 0 Å². The molecule has 2 heterocycles. The van der Waals surface area contributed by atoms with Crippen LogP contribution in [0, 0.1) is 28.6 Å². The predicted octanol–water partition coefficient (Wildman–Crippen LogP) is 7.67. The third-order valence-electron chi connectivity index (χ3n) is 12.7. The second kappa shape index (κ2) is 13.2. The molecule has 10 heteroatoms. The number of hydrogen-bond acceptors (Lipinski definition) is 10. The summed E-state index contributed by atoms with van der Waals surface area (Å²) < 4.78 is 6.21. The number of allylic oxidation sites excluding steroid dienone is 6. The Labute approximate surface area is 338 Å². The maximum Gasteiger partial charge on any atom is 0.229 e. The first-order valence-corrected chi connectivity index (χ1v) is 19.7. The van der Waals surface area contributed by atoms with Gasteiger partial charge in [-0.3, -0.25) is 33.8 Å². The second-order valence-electron chi connectivity index (χ2n) is 16.5. The Balaban J connectivity index is 1.03. The molecule has 4 aromatic carbocycles. The summed E-state index contributed by atoms with van der Waals surface area (Å²) in [5, 5.41) is 19.7. The molecule has 4 aromatic rings. The van der Waals surface area contributed by atoms with Gasteiger partial charge in [0, 0.05) is 64.6 Å². The number of aliphatic imine (C=N–C) groups is 1. The largest absolute Gasteiger partial charge is 0.508 e. The van der Waals surface area contributed by atoms with Crippen molar-refractivity contribution < 1.29 is 38.6 Å². The molecule has 59 heavy (non-hydrogen) atoms. The van der Waals surface area contributed by atoms with Crippen LogP contribution in [0.15, 0.2) is 130 Å². The van der Waals surface area contributed by atoms with Gasteiger partial charge in [0.15, 0.2) is 23.1 Å². The average Bonchev–Trinajstić information content (AvgIpc) is 3.23. The van der Waals surface area contributed by atoms with Crippen LogP contribution in [-0.4, -0.2) is 45.5 Å². The number of ether oxygens (including phenoxy) is 1. The van der Waals surface area contributed by atoms with E-state index in [9.17, 15) is 39.1 Å². The highest BCUT2D eigenvalue weighted by atomic mass is 16.5. The molecule has 0 bridgehead atoms. The van der Waals surface area contributed by atoms with Crippen LogP contribution in [0.25, 0.3) is 0 Å². The molecule has 0 spiro atoms. The minimum absolute atomic E-state index is 0.0169. The van der Waals surface area contributed by atoms with Gasteiger partial charge in [0.2, 0.25) is 11.6 Å². The molecular weight excluding hydrogens is 745 g/mol. The number of ketones is 6. The zero-order chi connectivity index (χ0) is 40.9. The Kier molecular flexibility index (Phi) is 8.12. The molecule has 1 N–H and O–H groups in total. The number of nitriles is 1. The quantitative estimate of drug-likeness (QED) is 0.219. The summed E-state index contributed by atoms with van der Waals surface area (Å²) in [7, 11) is 0. The van der Waals surface area contributed by atoms with Crippen LogP contribution in [0.4, 0.5) is 0 Å². The van der Waals surface area contributed by atoms with E-state index in [-0.39, 0.29) is 75.2 Å². The van der Waals surface area contributed by atoms with E-state index >= 15 is 0 Å². The number of carbonyl (C=O) groups is 6. The van der Waals surface area contributed by atoms with E-state index in [2.05, 4.69) is 6.07 Å². The van der Waals surface area contributed by atoms with E-state index in [0.29, 0.717) is 53.0 Å². The van der Waals surface area contributed by atoms with E-state index in [4.69, 9.17) is 9.73 Å². The lowest BCUT2D eigenvalue weighted by Crippen LogP contribution is -2.49. The number of aromatic hydroxyl groups is 1. The Morgan fingerprint density at radius 2 is 1.53 bits per heavy atom. The van der Waals surface area contributed by atoms with Gasteiger partial charge >= 0.3 is 0 Å². The fourth-order valence-electron chi connectivity index (χ4n) is 10.1. The summed E-state index contributed by atoms with van der Waals surface area (Å²) in [4.78, 5) is 89.7. The molecule has 0 radical (unpaired) electrons. The summed E-state index contributed by atoms with van der Waals surface area (Å²) in [5.41, 5.74) is 3.13. The summed E-state index contributed by atoms with van der Waals surface area (Å²) in [6.45, 7) is 1.90. The van der Waals surface area contributed by atoms with Gasteiger partial charge in [0.1, 0.15) is 23.0 Å². The first-order chi connectivity index (χ1) is 28.4. The topological polar surface area (TPSA) is 168 Å². The molecule has 0 aromatic heterocycles. The molecule has 288 valence electrons. The normalized spacial score (nSPS) is 25.7. The van der Waals surface area contributed by atoms with Crippen LogP contribution in [0.5, 0.6) is 5.75 Å². The molecule has 0 saturated heterocycles. The first-order valence-electron chi connectivity index (χ1n) is 19.7. The van der Waals surface area contributed by atoms with Crippen LogP contribution in [-0.2, 0) is 20.7 Å². The minimum Gasteiger partial charge on any atom is -0.508 e. The van der Waals surface area contributed by atoms with Crippen molar-refractivity contribution in [3.63, 3.8) is 0 Å². The Morgan fingerprint density at radius 1 is 0.780 bits per heavy atom. The van der Waals surface area contributed by atoms with Gasteiger partial charge in [-0.25, -0.2) is 0 Å². The van der Waals surface area contributed by atoms with Gasteiger partial charge in [-0.05, 0) is 71.3 Å². The third kappa shape index (κ3) is 5.56. The van der Waals surface area contributed by atoms with Crippen LogP contribution in [0.1, 0.15) is 108 Å². The smallest absolute Gasteiger partial charge is 0.229 e. The number of fused-ring (bicyclic) bond motifs is 4. The number of nitrogens with zero attached hydrogens (tertiary/aromatic N) is 2. The summed E-state index contributed by atoms with van der Waals surface area (Å²) in [6.07, 6.45) is 3.62. The molecular formula is C49H34N2O8. The number of benzene rings is 4. The van der Waals surface area contributed by atoms with Gasteiger partial charge in [-0.15, -0.1) is 0 Å². The lowest BCUT2D eigenvalue weighted by molar-refractivity contribution is -0.125. The first kappa shape index (κ1) is 36.2. The van der Waals surface area contributed by atoms with Crippen LogP contribution < -0.4 is 0 Å². The predicted molar refractivity (Wildman–Crippen MR) is 213 cm³/mol. The van der Waals surface area contributed by atoms with Crippen molar-refractivity contribution >= 4 is 40.4 Å². The number of hydrogen-bond donors (Lipinski definition) is 1. The molecule has 0 fully saturated rings. The Bertz CT molecular complexity index is 2840. The number of rotatable bonds is 4. The molecule has 2 aliphatic heterocycles. The van der Waals surface area contributed by atoms with Crippen molar-refractivity contribution in [1.29, 1.82) is 5.26 Å².